The summed E-state index contributed by atoms with van der Waals surface area (Å²) in [6.07, 6.45) is 8.56. The maximum Gasteiger partial charge on any atom is 0.349 e. The number of hydrogen-bond donors (Lipinski definition) is 2. The van der Waals surface area contributed by atoms with Crippen LogP contribution in [-0.2, 0) is 0 Å². The van der Waals surface area contributed by atoms with Gasteiger partial charge in [0.15, 0.2) is 5.82 Å². The third kappa shape index (κ3) is 3.59. The molecule has 4 heterocycles. The van der Waals surface area contributed by atoms with Crippen LogP contribution in [0.2, 0.25) is 0 Å². The number of carbonyl (C=O) groups is 1. The van der Waals surface area contributed by atoms with Crippen LogP contribution in [0.3, 0.4) is 0 Å². The molecule has 0 spiro atoms. The monoisotopic (exact) mass is 379 g/mol. The van der Waals surface area contributed by atoms with Crippen LogP contribution in [0.15, 0.2) is 52.3 Å². The van der Waals surface area contributed by atoms with Gasteiger partial charge in [-0.3, -0.25) is 9.36 Å². The van der Waals surface area contributed by atoms with E-state index in [0.29, 0.717) is 22.8 Å². The molecule has 0 radical (unpaired) electrons. The first-order chi connectivity index (χ1) is 13.6. The van der Waals surface area contributed by atoms with E-state index < -0.39 is 11.5 Å². The predicted molar refractivity (Wildman–Crippen MR) is 104 cm³/mol. The molecule has 1 unspecified atom stereocenters. The van der Waals surface area contributed by atoms with E-state index in [1.807, 2.05) is 0 Å². The fourth-order valence-electron chi connectivity index (χ4n) is 3.47. The summed E-state index contributed by atoms with van der Waals surface area (Å²) in [5, 5.41) is 6.08. The van der Waals surface area contributed by atoms with Gasteiger partial charge < -0.3 is 15.1 Å². The van der Waals surface area contributed by atoms with E-state index >= 15 is 0 Å². The second kappa shape index (κ2) is 7.77. The molecule has 1 atom stereocenters. The summed E-state index contributed by atoms with van der Waals surface area (Å²) in [7, 11) is 0. The molecule has 8 heteroatoms. The van der Waals surface area contributed by atoms with Crippen molar-refractivity contribution in [3.8, 4) is 5.82 Å². The van der Waals surface area contributed by atoms with Gasteiger partial charge >= 0.3 is 5.63 Å². The maximum atomic E-state index is 12.8. The van der Waals surface area contributed by atoms with E-state index in [1.165, 1.54) is 0 Å². The number of carbonyl (C=O) groups excluding carboxylic acids is 1. The lowest BCUT2D eigenvalue weighted by Gasteiger charge is -2.22. The fraction of sp³-hybridized carbons (Fsp3) is 0.300. The first-order valence-electron chi connectivity index (χ1n) is 9.23. The first-order valence-corrected chi connectivity index (χ1v) is 9.23. The Morgan fingerprint density at radius 3 is 3.00 bits per heavy atom. The minimum Gasteiger partial charge on any atom is -0.427 e. The molecule has 1 amide bonds. The lowest BCUT2D eigenvalue weighted by molar-refractivity contribution is 0.102. The maximum absolute atomic E-state index is 12.8. The Labute approximate surface area is 161 Å². The van der Waals surface area contributed by atoms with Crippen LogP contribution in [0.5, 0.6) is 0 Å². The number of anilines is 1. The van der Waals surface area contributed by atoms with E-state index in [9.17, 15) is 9.59 Å². The van der Waals surface area contributed by atoms with Gasteiger partial charge in [-0.15, -0.1) is 0 Å². The number of rotatable bonds is 4. The number of imidazole rings is 1. The molecule has 3 aromatic heterocycles. The van der Waals surface area contributed by atoms with Crippen molar-refractivity contribution in [3.63, 3.8) is 0 Å². The molecule has 3 aromatic rings. The number of piperidine rings is 1. The summed E-state index contributed by atoms with van der Waals surface area (Å²) in [5.41, 5.74) is 0.464. The summed E-state index contributed by atoms with van der Waals surface area (Å²) in [4.78, 5) is 33.7. The normalized spacial score (nSPS) is 16.7. The molecule has 28 heavy (non-hydrogen) atoms. The van der Waals surface area contributed by atoms with Crippen LogP contribution in [0.4, 0.5) is 5.69 Å². The minimum atomic E-state index is -0.619. The van der Waals surface area contributed by atoms with E-state index in [4.69, 9.17) is 4.42 Å². The highest BCUT2D eigenvalue weighted by Gasteiger charge is 2.23. The van der Waals surface area contributed by atoms with Crippen molar-refractivity contribution in [2.75, 3.05) is 18.4 Å². The summed E-state index contributed by atoms with van der Waals surface area (Å²) in [6, 6.07) is 5.23. The van der Waals surface area contributed by atoms with E-state index in [0.717, 1.165) is 25.9 Å². The van der Waals surface area contributed by atoms with Crippen molar-refractivity contribution in [2.45, 2.75) is 25.7 Å². The number of pyridine rings is 1. The Bertz CT molecular complexity index is 1040. The SMILES string of the molecule is Cc1cc(C2CCCNC2)oc(=O)c1C(=O)Nc1cccnc1-n1ccnc1. The summed E-state index contributed by atoms with van der Waals surface area (Å²) < 4.78 is 7.19. The summed E-state index contributed by atoms with van der Waals surface area (Å²) in [6.45, 7) is 3.51. The van der Waals surface area contributed by atoms with Gasteiger partial charge in [0.05, 0.1) is 5.69 Å². The van der Waals surface area contributed by atoms with Gasteiger partial charge in [0.25, 0.3) is 5.91 Å². The smallest absolute Gasteiger partial charge is 0.349 e. The van der Waals surface area contributed by atoms with Crippen LogP contribution in [0.1, 0.15) is 40.4 Å². The average Bonchev–Trinajstić information content (AvgIpc) is 3.23. The third-order valence-corrected chi connectivity index (χ3v) is 4.88. The highest BCUT2D eigenvalue weighted by Crippen LogP contribution is 2.24. The van der Waals surface area contributed by atoms with Crippen molar-refractivity contribution in [3.05, 3.63) is 70.4 Å². The van der Waals surface area contributed by atoms with Crippen LogP contribution < -0.4 is 16.3 Å². The van der Waals surface area contributed by atoms with Crippen molar-refractivity contribution in [2.24, 2.45) is 0 Å². The summed E-state index contributed by atoms with van der Waals surface area (Å²) >= 11 is 0. The summed E-state index contributed by atoms with van der Waals surface area (Å²) in [5.74, 6) is 0.782. The second-order valence-corrected chi connectivity index (χ2v) is 6.84. The number of aromatic nitrogens is 3. The number of nitrogens with zero attached hydrogens (tertiary/aromatic N) is 3. The minimum absolute atomic E-state index is 0.00736. The molecule has 0 aliphatic carbocycles. The molecule has 2 N–H and O–H groups in total. The molecule has 0 aromatic carbocycles. The first kappa shape index (κ1) is 18.1. The zero-order valence-electron chi connectivity index (χ0n) is 15.5. The van der Waals surface area contributed by atoms with Gasteiger partial charge in [-0.05, 0) is 50.1 Å². The van der Waals surface area contributed by atoms with Crippen LogP contribution >= 0.6 is 0 Å². The van der Waals surface area contributed by atoms with Gasteiger partial charge in [-0.1, -0.05) is 0 Å². The fourth-order valence-corrected chi connectivity index (χ4v) is 3.47. The average molecular weight is 379 g/mol. The standard InChI is InChI=1S/C20H21N5O3/c1-13-10-16(14-4-2-6-21-11-14)28-20(27)17(13)19(26)24-15-5-3-7-23-18(15)25-9-8-22-12-25/h3,5,7-10,12,14,21H,2,4,6,11H2,1H3,(H,24,26). The molecule has 0 bridgehead atoms. The Morgan fingerprint density at radius 1 is 1.39 bits per heavy atom. The second-order valence-electron chi connectivity index (χ2n) is 6.84. The largest absolute Gasteiger partial charge is 0.427 e. The van der Waals surface area contributed by atoms with Gasteiger partial charge in [0.1, 0.15) is 17.7 Å². The molecule has 1 aliphatic heterocycles. The van der Waals surface area contributed by atoms with Gasteiger partial charge in [0.2, 0.25) is 0 Å². The molecule has 8 nitrogen and oxygen atoms in total. The number of nitrogens with one attached hydrogen (secondary N) is 2. The Kier molecular flexibility index (Phi) is 5.03. The molecular formula is C20H21N5O3. The van der Waals surface area contributed by atoms with E-state index in [1.54, 1.807) is 54.6 Å². The molecule has 1 aliphatic rings. The van der Waals surface area contributed by atoms with Gasteiger partial charge in [0, 0.05) is 31.1 Å². The Balaban J connectivity index is 1.62. The van der Waals surface area contributed by atoms with Crippen LogP contribution in [0, 0.1) is 6.92 Å². The highest BCUT2D eigenvalue weighted by atomic mass is 16.4. The molecule has 0 saturated carbocycles. The predicted octanol–water partition coefficient (Wildman–Crippen LogP) is 2.25. The molecule has 1 saturated heterocycles. The lowest BCUT2D eigenvalue weighted by Crippen LogP contribution is -2.30. The molecular weight excluding hydrogens is 358 g/mol. The third-order valence-electron chi connectivity index (χ3n) is 4.88. The highest BCUT2D eigenvalue weighted by molar-refractivity contribution is 6.05. The zero-order valence-corrected chi connectivity index (χ0v) is 15.5. The van der Waals surface area contributed by atoms with Crippen molar-refractivity contribution in [1.82, 2.24) is 19.9 Å². The van der Waals surface area contributed by atoms with E-state index in [-0.39, 0.29) is 11.5 Å². The van der Waals surface area contributed by atoms with Crippen LogP contribution in [0.25, 0.3) is 5.82 Å². The number of hydrogen-bond acceptors (Lipinski definition) is 6. The number of aryl methyl sites for hydroxylation is 1. The number of amides is 1. The van der Waals surface area contributed by atoms with Crippen molar-refractivity contribution >= 4 is 11.6 Å². The molecule has 1 fully saturated rings. The van der Waals surface area contributed by atoms with Crippen LogP contribution in [-0.4, -0.2) is 33.5 Å². The van der Waals surface area contributed by atoms with Crippen molar-refractivity contribution in [1.29, 1.82) is 0 Å². The van der Waals surface area contributed by atoms with E-state index in [2.05, 4.69) is 20.6 Å². The molecule has 4 rings (SSSR count). The molecule has 144 valence electrons. The van der Waals surface area contributed by atoms with Gasteiger partial charge in [-0.25, -0.2) is 14.8 Å². The Hall–Kier alpha value is -3.26. The topological polar surface area (TPSA) is 102 Å². The van der Waals surface area contributed by atoms with Gasteiger partial charge in [-0.2, -0.15) is 0 Å². The van der Waals surface area contributed by atoms with Crippen molar-refractivity contribution < 1.29 is 9.21 Å². The lowest BCUT2D eigenvalue weighted by atomic mass is 9.95. The Morgan fingerprint density at radius 2 is 2.29 bits per heavy atom. The quantitative estimate of drug-likeness (QED) is 0.721. The zero-order chi connectivity index (χ0) is 19.5.